The van der Waals surface area contributed by atoms with Crippen molar-refractivity contribution < 1.29 is 0 Å². The number of hydrogen-bond donors (Lipinski definition) is 0. The zero-order chi connectivity index (χ0) is 11.8. The van der Waals surface area contributed by atoms with Gasteiger partial charge in [0.1, 0.15) is 0 Å². The Kier molecular flexibility index (Phi) is 3.44. The number of fused-ring (bicyclic) bond motifs is 1. The number of rotatable bonds is 2. The molecule has 0 heterocycles. The lowest BCUT2D eigenvalue weighted by molar-refractivity contribution is 0.252. The van der Waals surface area contributed by atoms with Crippen LogP contribution in [0.4, 0.5) is 0 Å². The second-order valence-electron chi connectivity index (χ2n) is 5.28. The maximum absolute atomic E-state index is 3.71. The van der Waals surface area contributed by atoms with Crippen molar-refractivity contribution in [3.05, 3.63) is 33.8 Å². The molecule has 1 atom stereocenters. The van der Waals surface area contributed by atoms with Crippen molar-refractivity contribution in [1.82, 2.24) is 0 Å². The van der Waals surface area contributed by atoms with Gasteiger partial charge in [-0.3, -0.25) is 0 Å². The summed E-state index contributed by atoms with van der Waals surface area (Å²) < 4.78 is 1.31. The third kappa shape index (κ3) is 1.73. The second-order valence-corrected chi connectivity index (χ2v) is 6.14. The van der Waals surface area contributed by atoms with Crippen LogP contribution in [-0.4, -0.2) is 0 Å². The van der Waals surface area contributed by atoms with Crippen LogP contribution in [0.25, 0.3) is 0 Å². The molecule has 0 bridgehead atoms. The van der Waals surface area contributed by atoms with E-state index in [0.29, 0.717) is 5.41 Å². The Bertz CT molecular complexity index is 381. The Hall–Kier alpha value is -0.300. The van der Waals surface area contributed by atoms with E-state index >= 15 is 0 Å². The smallest absolute Gasteiger partial charge is 0.0210 e. The quantitative estimate of drug-likeness (QED) is 0.708. The normalized spacial score (nSPS) is 24.6. The third-order valence-corrected chi connectivity index (χ3v) is 5.18. The van der Waals surface area contributed by atoms with E-state index in [0.717, 1.165) is 5.92 Å². The largest absolute Gasteiger partial charge is 0.0645 e. The predicted octanol–water partition coefficient (Wildman–Crippen LogP) is 5.09. The van der Waals surface area contributed by atoms with Gasteiger partial charge in [-0.25, -0.2) is 0 Å². The van der Waals surface area contributed by atoms with Gasteiger partial charge in [-0.15, -0.1) is 0 Å². The average molecular weight is 281 g/mol. The van der Waals surface area contributed by atoms with Crippen molar-refractivity contribution in [2.75, 3.05) is 0 Å². The Morgan fingerprint density at radius 3 is 2.75 bits per heavy atom. The molecule has 1 aromatic carbocycles. The van der Waals surface area contributed by atoms with E-state index in [4.69, 9.17) is 0 Å². The summed E-state index contributed by atoms with van der Waals surface area (Å²) in [6, 6.07) is 6.73. The van der Waals surface area contributed by atoms with E-state index in [2.05, 4.69) is 54.9 Å². The summed E-state index contributed by atoms with van der Waals surface area (Å²) in [6.45, 7) is 7.09. The number of benzene rings is 1. The van der Waals surface area contributed by atoms with Crippen LogP contribution in [0, 0.1) is 5.92 Å². The highest BCUT2D eigenvalue weighted by atomic mass is 79.9. The molecule has 0 spiro atoms. The van der Waals surface area contributed by atoms with Crippen molar-refractivity contribution in [3.8, 4) is 0 Å². The summed E-state index contributed by atoms with van der Waals surface area (Å²) in [7, 11) is 0. The van der Waals surface area contributed by atoms with Gasteiger partial charge < -0.3 is 0 Å². The highest BCUT2D eigenvalue weighted by Crippen LogP contribution is 2.46. The Balaban J connectivity index is 2.58. The first-order valence-electron chi connectivity index (χ1n) is 6.39. The van der Waals surface area contributed by atoms with Crippen LogP contribution in [0.5, 0.6) is 0 Å². The molecule has 2 rings (SSSR count). The molecule has 0 saturated carbocycles. The van der Waals surface area contributed by atoms with Crippen LogP contribution in [0.2, 0.25) is 0 Å². The topological polar surface area (TPSA) is 0 Å². The minimum atomic E-state index is 0.414. The number of halogens is 1. The van der Waals surface area contributed by atoms with Crippen LogP contribution < -0.4 is 0 Å². The monoisotopic (exact) mass is 280 g/mol. The summed E-state index contributed by atoms with van der Waals surface area (Å²) in [4.78, 5) is 0. The molecule has 0 fully saturated rings. The van der Waals surface area contributed by atoms with E-state index in [1.54, 1.807) is 11.1 Å². The van der Waals surface area contributed by atoms with Crippen molar-refractivity contribution in [2.45, 2.75) is 51.9 Å². The van der Waals surface area contributed by atoms with Gasteiger partial charge in [-0.1, -0.05) is 48.8 Å². The molecule has 1 unspecified atom stereocenters. The molecule has 0 aliphatic heterocycles. The first-order valence-corrected chi connectivity index (χ1v) is 7.19. The van der Waals surface area contributed by atoms with Crippen LogP contribution in [0.3, 0.4) is 0 Å². The fraction of sp³-hybridized carbons (Fsp3) is 0.600. The van der Waals surface area contributed by atoms with Gasteiger partial charge in [0.05, 0.1) is 0 Å². The van der Waals surface area contributed by atoms with Gasteiger partial charge >= 0.3 is 0 Å². The lowest BCUT2D eigenvalue weighted by atomic mass is 9.62. The van der Waals surface area contributed by atoms with Crippen LogP contribution in [0.1, 0.15) is 51.2 Å². The molecule has 0 saturated heterocycles. The maximum Gasteiger partial charge on any atom is 0.0210 e. The van der Waals surface area contributed by atoms with Crippen LogP contribution >= 0.6 is 15.9 Å². The Labute approximate surface area is 108 Å². The van der Waals surface area contributed by atoms with Gasteiger partial charge in [0.15, 0.2) is 0 Å². The number of hydrogen-bond acceptors (Lipinski definition) is 0. The summed E-state index contributed by atoms with van der Waals surface area (Å²) in [5.41, 5.74) is 3.58. The first-order chi connectivity index (χ1) is 7.62. The summed E-state index contributed by atoms with van der Waals surface area (Å²) in [5, 5.41) is 0. The molecule has 0 N–H and O–H groups in total. The standard InChI is InChI=1S/C15H21Br/c1-4-15(11(2)3)10-6-7-12-13(15)8-5-9-14(12)16/h5,8-9,11H,4,6-7,10H2,1-3H3. The average Bonchev–Trinajstić information content (AvgIpc) is 2.28. The fourth-order valence-corrected chi connectivity index (χ4v) is 3.93. The fourth-order valence-electron chi connectivity index (χ4n) is 3.37. The van der Waals surface area contributed by atoms with Gasteiger partial charge in [0, 0.05) is 4.47 Å². The van der Waals surface area contributed by atoms with E-state index in [1.807, 2.05) is 0 Å². The lowest BCUT2D eigenvalue weighted by Gasteiger charge is -2.42. The first kappa shape index (κ1) is 12.2. The molecular formula is C15H21Br. The zero-order valence-corrected chi connectivity index (χ0v) is 12.1. The molecule has 1 aliphatic carbocycles. The minimum absolute atomic E-state index is 0.414. The molecular weight excluding hydrogens is 260 g/mol. The minimum Gasteiger partial charge on any atom is -0.0645 e. The van der Waals surface area contributed by atoms with E-state index in [9.17, 15) is 0 Å². The predicted molar refractivity (Wildman–Crippen MR) is 73.9 cm³/mol. The van der Waals surface area contributed by atoms with Crippen molar-refractivity contribution >= 4 is 15.9 Å². The maximum atomic E-state index is 3.71. The molecule has 0 amide bonds. The molecule has 1 aromatic rings. The van der Waals surface area contributed by atoms with E-state index in [-0.39, 0.29) is 0 Å². The molecule has 88 valence electrons. The lowest BCUT2D eigenvalue weighted by Crippen LogP contribution is -2.35. The Morgan fingerprint density at radius 2 is 2.12 bits per heavy atom. The van der Waals surface area contributed by atoms with E-state index in [1.165, 1.54) is 30.2 Å². The van der Waals surface area contributed by atoms with Crippen LogP contribution in [-0.2, 0) is 11.8 Å². The summed E-state index contributed by atoms with van der Waals surface area (Å²) in [6.07, 6.45) is 5.19. The zero-order valence-electron chi connectivity index (χ0n) is 10.5. The molecule has 16 heavy (non-hydrogen) atoms. The van der Waals surface area contributed by atoms with Crippen molar-refractivity contribution in [2.24, 2.45) is 5.92 Å². The molecule has 0 aromatic heterocycles. The third-order valence-electron chi connectivity index (χ3n) is 4.44. The highest BCUT2D eigenvalue weighted by Gasteiger charge is 2.37. The van der Waals surface area contributed by atoms with Gasteiger partial charge in [-0.05, 0) is 54.2 Å². The second kappa shape index (κ2) is 4.52. The van der Waals surface area contributed by atoms with Gasteiger partial charge in [-0.2, -0.15) is 0 Å². The SMILES string of the molecule is CCC1(C(C)C)CCCc2c(Br)cccc21. The molecule has 1 heteroatoms. The summed E-state index contributed by atoms with van der Waals surface area (Å²) >= 11 is 3.71. The molecule has 0 nitrogen and oxygen atoms in total. The van der Waals surface area contributed by atoms with E-state index < -0.39 is 0 Å². The molecule has 0 radical (unpaired) electrons. The summed E-state index contributed by atoms with van der Waals surface area (Å²) in [5.74, 6) is 0.728. The van der Waals surface area contributed by atoms with Crippen molar-refractivity contribution in [1.29, 1.82) is 0 Å². The van der Waals surface area contributed by atoms with Crippen molar-refractivity contribution in [3.63, 3.8) is 0 Å². The van der Waals surface area contributed by atoms with Gasteiger partial charge in [0.2, 0.25) is 0 Å². The molecule has 1 aliphatic rings. The van der Waals surface area contributed by atoms with Crippen LogP contribution in [0.15, 0.2) is 22.7 Å². The Morgan fingerprint density at radius 1 is 1.38 bits per heavy atom. The van der Waals surface area contributed by atoms with Gasteiger partial charge in [0.25, 0.3) is 0 Å². The highest BCUT2D eigenvalue weighted by molar-refractivity contribution is 9.10.